The molecular weight excluding hydrogens is 156 g/mol. The Hall–Kier alpha value is -1.64. The molecule has 0 amide bonds. The molecule has 3 N–H and O–H groups in total. The lowest BCUT2D eigenvalue weighted by Gasteiger charge is -2.02. The molecular formula is C9H10O3. The highest BCUT2D eigenvalue weighted by atomic mass is 16.3. The second kappa shape index (κ2) is 3.17. The quantitative estimate of drug-likeness (QED) is 0.596. The van der Waals surface area contributed by atoms with Crippen LogP contribution in [0.15, 0.2) is 18.2 Å². The van der Waals surface area contributed by atoms with Gasteiger partial charge in [0.1, 0.15) is 17.2 Å². The Labute approximate surface area is 70.2 Å². The summed E-state index contributed by atoms with van der Waals surface area (Å²) in [6.07, 6.45) is 3.25. The highest BCUT2D eigenvalue weighted by Gasteiger charge is 2.05. The van der Waals surface area contributed by atoms with E-state index in [1.165, 1.54) is 12.1 Å². The maximum atomic E-state index is 9.23. The average Bonchev–Trinajstić information content (AvgIpc) is 1.96. The second-order valence-electron chi connectivity index (χ2n) is 2.40. The van der Waals surface area contributed by atoms with Gasteiger partial charge in [0.05, 0.1) is 5.56 Å². The third-order valence-electron chi connectivity index (χ3n) is 1.45. The predicted molar refractivity (Wildman–Crippen MR) is 46.1 cm³/mol. The van der Waals surface area contributed by atoms with Crippen LogP contribution in [0.25, 0.3) is 6.08 Å². The van der Waals surface area contributed by atoms with Gasteiger partial charge in [0.15, 0.2) is 0 Å². The first-order chi connectivity index (χ1) is 5.65. The zero-order valence-corrected chi connectivity index (χ0v) is 6.65. The number of benzene rings is 1. The Morgan fingerprint density at radius 2 is 1.58 bits per heavy atom. The minimum atomic E-state index is -0.154. The van der Waals surface area contributed by atoms with Crippen molar-refractivity contribution in [2.24, 2.45) is 0 Å². The maximum absolute atomic E-state index is 9.23. The third-order valence-corrected chi connectivity index (χ3v) is 1.45. The van der Waals surface area contributed by atoms with Crippen molar-refractivity contribution in [2.75, 3.05) is 0 Å². The molecule has 1 rings (SSSR count). The molecule has 0 atom stereocenters. The zero-order chi connectivity index (χ0) is 9.14. The summed E-state index contributed by atoms with van der Waals surface area (Å²) in [6, 6.07) is 2.35. The van der Waals surface area contributed by atoms with E-state index in [0.717, 1.165) is 0 Å². The van der Waals surface area contributed by atoms with Crippen LogP contribution in [0.1, 0.15) is 12.5 Å². The molecule has 0 aliphatic rings. The fourth-order valence-electron chi connectivity index (χ4n) is 0.946. The summed E-state index contributed by atoms with van der Waals surface area (Å²) in [7, 11) is 0. The molecule has 1 aromatic carbocycles. The molecule has 0 unspecified atom stereocenters. The SMILES string of the molecule is CC=Cc1c(O)cc(O)cc1O. The number of allylic oxidation sites excluding steroid dienone is 1. The molecule has 0 bridgehead atoms. The van der Waals surface area contributed by atoms with Gasteiger partial charge < -0.3 is 15.3 Å². The van der Waals surface area contributed by atoms with Crippen LogP contribution in [0.5, 0.6) is 17.2 Å². The van der Waals surface area contributed by atoms with Gasteiger partial charge in [-0.05, 0) is 6.92 Å². The molecule has 0 heterocycles. The van der Waals surface area contributed by atoms with E-state index in [1.807, 2.05) is 0 Å². The van der Waals surface area contributed by atoms with Gasteiger partial charge in [-0.3, -0.25) is 0 Å². The summed E-state index contributed by atoms with van der Waals surface area (Å²) in [6.45, 7) is 1.77. The predicted octanol–water partition coefficient (Wildman–Crippen LogP) is 1.84. The molecule has 64 valence electrons. The highest BCUT2D eigenvalue weighted by Crippen LogP contribution is 2.32. The zero-order valence-electron chi connectivity index (χ0n) is 6.65. The average molecular weight is 166 g/mol. The first-order valence-corrected chi connectivity index (χ1v) is 3.52. The number of phenols is 3. The van der Waals surface area contributed by atoms with Crippen molar-refractivity contribution >= 4 is 6.08 Å². The third kappa shape index (κ3) is 1.50. The lowest BCUT2D eigenvalue weighted by atomic mass is 10.1. The molecule has 0 spiro atoms. The molecule has 1 aromatic rings. The topological polar surface area (TPSA) is 60.7 Å². The van der Waals surface area contributed by atoms with Gasteiger partial charge in [0.2, 0.25) is 0 Å². The van der Waals surface area contributed by atoms with Crippen molar-refractivity contribution in [3.8, 4) is 17.2 Å². The molecule has 0 saturated carbocycles. The molecule has 3 nitrogen and oxygen atoms in total. The Bertz CT molecular complexity index is 293. The van der Waals surface area contributed by atoms with Gasteiger partial charge in [0.25, 0.3) is 0 Å². The Balaban J connectivity index is 3.28. The Morgan fingerprint density at radius 3 is 2.00 bits per heavy atom. The van der Waals surface area contributed by atoms with E-state index in [9.17, 15) is 10.2 Å². The molecule has 12 heavy (non-hydrogen) atoms. The summed E-state index contributed by atoms with van der Waals surface area (Å²) >= 11 is 0. The van der Waals surface area contributed by atoms with Crippen LogP contribution in [-0.2, 0) is 0 Å². The number of phenolic OH excluding ortho intramolecular Hbond substituents is 3. The van der Waals surface area contributed by atoms with Crippen molar-refractivity contribution in [1.29, 1.82) is 0 Å². The molecule has 0 aliphatic heterocycles. The lowest BCUT2D eigenvalue weighted by molar-refractivity contribution is 0.426. The monoisotopic (exact) mass is 166 g/mol. The van der Waals surface area contributed by atoms with Gasteiger partial charge >= 0.3 is 0 Å². The number of hydrogen-bond acceptors (Lipinski definition) is 3. The lowest BCUT2D eigenvalue weighted by Crippen LogP contribution is -1.76. The summed E-state index contributed by atoms with van der Waals surface area (Å²) in [5.41, 5.74) is 0.315. The summed E-state index contributed by atoms with van der Waals surface area (Å²) in [5.74, 6) is -0.422. The van der Waals surface area contributed by atoms with E-state index in [2.05, 4.69) is 0 Å². The number of hydrogen-bond donors (Lipinski definition) is 3. The van der Waals surface area contributed by atoms with Crippen LogP contribution in [0, 0.1) is 0 Å². The highest BCUT2D eigenvalue weighted by molar-refractivity contribution is 5.65. The normalized spacial score (nSPS) is 10.8. The van der Waals surface area contributed by atoms with Crippen LogP contribution >= 0.6 is 0 Å². The smallest absolute Gasteiger partial charge is 0.130 e. The van der Waals surface area contributed by atoms with Gasteiger partial charge in [-0.15, -0.1) is 0 Å². The first-order valence-electron chi connectivity index (χ1n) is 3.52. The van der Waals surface area contributed by atoms with Crippen LogP contribution in [0.2, 0.25) is 0 Å². The minimum absolute atomic E-state index is 0.134. The molecule has 0 saturated heterocycles. The standard InChI is InChI=1S/C9H10O3/c1-2-3-7-8(11)4-6(10)5-9(7)12/h2-5,10-12H,1H3. The van der Waals surface area contributed by atoms with Crippen molar-refractivity contribution in [3.05, 3.63) is 23.8 Å². The maximum Gasteiger partial charge on any atom is 0.130 e. The van der Waals surface area contributed by atoms with Crippen LogP contribution in [0.3, 0.4) is 0 Å². The Morgan fingerprint density at radius 1 is 1.08 bits per heavy atom. The van der Waals surface area contributed by atoms with Gasteiger partial charge in [-0.1, -0.05) is 12.2 Å². The van der Waals surface area contributed by atoms with Gasteiger partial charge in [0, 0.05) is 12.1 Å². The number of aromatic hydroxyl groups is 3. The number of rotatable bonds is 1. The van der Waals surface area contributed by atoms with E-state index in [0.29, 0.717) is 5.56 Å². The summed E-state index contributed by atoms with van der Waals surface area (Å²) in [4.78, 5) is 0. The molecule has 0 fully saturated rings. The van der Waals surface area contributed by atoms with E-state index >= 15 is 0 Å². The summed E-state index contributed by atoms with van der Waals surface area (Å²) < 4.78 is 0. The van der Waals surface area contributed by atoms with Crippen LogP contribution in [-0.4, -0.2) is 15.3 Å². The van der Waals surface area contributed by atoms with Crippen molar-refractivity contribution in [3.63, 3.8) is 0 Å². The van der Waals surface area contributed by atoms with E-state index < -0.39 is 0 Å². The van der Waals surface area contributed by atoms with E-state index in [-0.39, 0.29) is 17.2 Å². The van der Waals surface area contributed by atoms with Crippen molar-refractivity contribution in [1.82, 2.24) is 0 Å². The summed E-state index contributed by atoms with van der Waals surface area (Å²) in [5, 5.41) is 27.4. The first kappa shape index (κ1) is 8.46. The Kier molecular flexibility index (Phi) is 2.24. The minimum Gasteiger partial charge on any atom is -0.508 e. The van der Waals surface area contributed by atoms with E-state index in [4.69, 9.17) is 5.11 Å². The fraction of sp³-hybridized carbons (Fsp3) is 0.111. The molecule has 0 radical (unpaired) electrons. The van der Waals surface area contributed by atoms with Crippen molar-refractivity contribution in [2.45, 2.75) is 6.92 Å². The van der Waals surface area contributed by atoms with Crippen molar-refractivity contribution < 1.29 is 15.3 Å². The molecule has 3 heteroatoms. The molecule has 0 aromatic heterocycles. The largest absolute Gasteiger partial charge is 0.508 e. The second-order valence-corrected chi connectivity index (χ2v) is 2.40. The molecule has 0 aliphatic carbocycles. The fourth-order valence-corrected chi connectivity index (χ4v) is 0.946. The van der Waals surface area contributed by atoms with Gasteiger partial charge in [-0.2, -0.15) is 0 Å². The van der Waals surface area contributed by atoms with Crippen LogP contribution < -0.4 is 0 Å². The van der Waals surface area contributed by atoms with Gasteiger partial charge in [-0.25, -0.2) is 0 Å². The van der Waals surface area contributed by atoms with Crippen LogP contribution in [0.4, 0.5) is 0 Å². The van der Waals surface area contributed by atoms with E-state index in [1.54, 1.807) is 19.1 Å².